The molecule has 1 fully saturated rings. The van der Waals surface area contributed by atoms with Crippen molar-refractivity contribution in [3.8, 4) is 0 Å². The Morgan fingerprint density at radius 1 is 0.915 bits per heavy atom. The van der Waals surface area contributed by atoms with Crippen molar-refractivity contribution in [2.24, 2.45) is 9.98 Å². The van der Waals surface area contributed by atoms with Gasteiger partial charge < -0.3 is 10.3 Å². The predicted molar refractivity (Wildman–Crippen MR) is 187 cm³/mol. The molecule has 0 radical (unpaired) electrons. The van der Waals surface area contributed by atoms with E-state index in [4.69, 9.17) is 21.6 Å². The monoisotopic (exact) mass is 634 g/mol. The molecule has 228 valence electrons. The van der Waals surface area contributed by atoms with Gasteiger partial charge in [0.15, 0.2) is 5.78 Å². The molecule has 0 saturated carbocycles. The number of carbonyl (C=O) groups excluding carboxylic acids is 2. The molecule has 9 heteroatoms. The van der Waals surface area contributed by atoms with Gasteiger partial charge in [-0.25, -0.2) is 9.98 Å². The molecule has 8 nitrogen and oxygen atoms in total. The molecule has 2 unspecified atom stereocenters. The Bertz CT molecular complexity index is 2340. The van der Waals surface area contributed by atoms with Crippen LogP contribution < -0.4 is 21.3 Å². The second-order valence-corrected chi connectivity index (χ2v) is 12.2. The van der Waals surface area contributed by atoms with Crippen LogP contribution in [0.2, 0.25) is 5.02 Å². The van der Waals surface area contributed by atoms with E-state index < -0.39 is 17.5 Å². The molecule has 4 aromatic rings. The first-order valence-corrected chi connectivity index (χ1v) is 15.6. The fraction of sp³-hybridized carbons (Fsp3) is 0.0789. The van der Waals surface area contributed by atoms with Gasteiger partial charge in [-0.15, -0.1) is 0 Å². The van der Waals surface area contributed by atoms with Gasteiger partial charge in [0.25, 0.3) is 0 Å². The van der Waals surface area contributed by atoms with Crippen LogP contribution in [-0.2, 0) is 16.0 Å². The minimum atomic E-state index is -1.22. The first-order chi connectivity index (χ1) is 22.9. The van der Waals surface area contributed by atoms with Gasteiger partial charge in [0, 0.05) is 51.1 Å². The number of Topliss-reactive ketones (excluding diaryl/α,β-unsaturated/α-hetero) is 1. The Morgan fingerprint density at radius 2 is 1.66 bits per heavy atom. The number of anilines is 1. The predicted octanol–water partition coefficient (Wildman–Crippen LogP) is 4.67. The number of amides is 1. The van der Waals surface area contributed by atoms with E-state index in [9.17, 15) is 9.59 Å². The van der Waals surface area contributed by atoms with Crippen molar-refractivity contribution in [2.75, 3.05) is 5.32 Å². The molecule has 47 heavy (non-hydrogen) atoms. The summed E-state index contributed by atoms with van der Waals surface area (Å²) in [5.41, 5.74) is 4.26. The second-order valence-electron chi connectivity index (χ2n) is 11.8. The number of aliphatic imine (C=N–C) groups is 2. The van der Waals surface area contributed by atoms with Crippen LogP contribution in [0.25, 0.3) is 23.1 Å². The summed E-state index contributed by atoms with van der Waals surface area (Å²) in [7, 11) is 0. The van der Waals surface area contributed by atoms with Crippen molar-refractivity contribution in [2.45, 2.75) is 18.0 Å². The second kappa shape index (κ2) is 11.6. The average molecular weight is 635 g/mol. The number of benzene rings is 2. The highest BCUT2D eigenvalue weighted by molar-refractivity contribution is 6.30. The summed E-state index contributed by atoms with van der Waals surface area (Å²) in [6.07, 6.45) is 18.7. The zero-order valence-corrected chi connectivity index (χ0v) is 25.7. The van der Waals surface area contributed by atoms with E-state index in [0.717, 1.165) is 38.6 Å². The number of hydrogen-bond donors (Lipinski definition) is 3. The number of fused-ring (bicyclic) bond motifs is 7. The molecule has 0 spiro atoms. The molecule has 2 atom stereocenters. The van der Waals surface area contributed by atoms with Crippen LogP contribution in [0.3, 0.4) is 0 Å². The number of rotatable bonds is 4. The minimum absolute atomic E-state index is 0.226. The fourth-order valence-corrected chi connectivity index (χ4v) is 6.38. The molecule has 8 bridgehead atoms. The van der Waals surface area contributed by atoms with Gasteiger partial charge in [-0.1, -0.05) is 29.8 Å². The molecule has 3 N–H and O–H groups in total. The summed E-state index contributed by atoms with van der Waals surface area (Å²) in [6, 6.07) is 20.1. The molecule has 0 aliphatic carbocycles. The summed E-state index contributed by atoms with van der Waals surface area (Å²) in [6.45, 7) is 0. The molecule has 1 amide bonds. The van der Waals surface area contributed by atoms with Crippen molar-refractivity contribution in [1.82, 2.24) is 15.3 Å². The Hall–Kier alpha value is -5.70. The van der Waals surface area contributed by atoms with Crippen LogP contribution in [0.1, 0.15) is 5.56 Å². The number of halogens is 1. The Labute approximate surface area is 274 Å². The molecular formula is C38H27ClN6O2. The highest BCUT2D eigenvalue weighted by Gasteiger charge is 2.48. The molecular weight excluding hydrogens is 608 g/mol. The fourth-order valence-electron chi connectivity index (χ4n) is 6.26. The van der Waals surface area contributed by atoms with Crippen molar-refractivity contribution in [3.05, 3.63) is 154 Å². The molecule has 2 aromatic carbocycles. The maximum absolute atomic E-state index is 14.7. The van der Waals surface area contributed by atoms with Gasteiger partial charge in [-0.2, -0.15) is 0 Å². The lowest BCUT2D eigenvalue weighted by atomic mass is 9.85. The van der Waals surface area contributed by atoms with Crippen molar-refractivity contribution < 1.29 is 9.59 Å². The Morgan fingerprint density at radius 3 is 2.45 bits per heavy atom. The lowest BCUT2D eigenvalue weighted by Gasteiger charge is -2.25. The summed E-state index contributed by atoms with van der Waals surface area (Å²) >= 11 is 6.20. The van der Waals surface area contributed by atoms with Gasteiger partial charge in [-0.3, -0.25) is 19.9 Å². The number of hydrogen-bond acceptors (Lipinski definition) is 6. The zero-order chi connectivity index (χ0) is 32.0. The van der Waals surface area contributed by atoms with Gasteiger partial charge in [0.2, 0.25) is 5.91 Å². The van der Waals surface area contributed by atoms with Gasteiger partial charge in [-0.05, 0) is 103 Å². The molecule has 4 aliphatic heterocycles. The maximum Gasteiger partial charge on any atom is 0.248 e. The number of aromatic amines is 1. The Kier molecular flexibility index (Phi) is 7.09. The Balaban J connectivity index is 1.25. The van der Waals surface area contributed by atoms with E-state index in [-0.39, 0.29) is 5.78 Å². The highest BCUT2D eigenvalue weighted by Crippen LogP contribution is 2.34. The third-order valence-corrected chi connectivity index (χ3v) is 8.66. The van der Waals surface area contributed by atoms with E-state index in [1.165, 1.54) is 6.08 Å². The number of nitrogens with zero attached hydrogens (tertiary/aromatic N) is 3. The number of aromatic nitrogens is 2. The molecule has 1 saturated heterocycles. The number of ketones is 1. The van der Waals surface area contributed by atoms with Gasteiger partial charge in [0.1, 0.15) is 5.54 Å². The van der Waals surface area contributed by atoms with E-state index in [1.807, 2.05) is 97.1 Å². The number of carbonyl (C=O) groups is 2. The summed E-state index contributed by atoms with van der Waals surface area (Å²) in [5.74, 6) is -0.642. The van der Waals surface area contributed by atoms with Gasteiger partial charge >= 0.3 is 0 Å². The van der Waals surface area contributed by atoms with E-state index in [1.54, 1.807) is 24.4 Å². The third kappa shape index (κ3) is 5.88. The highest BCUT2D eigenvalue weighted by atomic mass is 35.5. The molecule has 6 heterocycles. The van der Waals surface area contributed by atoms with E-state index in [0.29, 0.717) is 34.1 Å². The lowest BCUT2D eigenvalue weighted by molar-refractivity contribution is -0.118. The van der Waals surface area contributed by atoms with Crippen LogP contribution in [0.4, 0.5) is 5.69 Å². The summed E-state index contributed by atoms with van der Waals surface area (Å²) in [4.78, 5) is 45.6. The van der Waals surface area contributed by atoms with Crippen LogP contribution >= 0.6 is 11.6 Å². The molecule has 4 aliphatic rings. The van der Waals surface area contributed by atoms with Crippen molar-refractivity contribution in [3.63, 3.8) is 0 Å². The minimum Gasteiger partial charge on any atom is -0.355 e. The summed E-state index contributed by atoms with van der Waals surface area (Å²) < 4.78 is 0. The number of H-pyrrole nitrogens is 1. The first-order valence-electron chi connectivity index (χ1n) is 15.2. The quantitative estimate of drug-likeness (QED) is 0.283. The van der Waals surface area contributed by atoms with Crippen LogP contribution in [-0.4, -0.2) is 44.7 Å². The number of nitrogens with one attached hydrogen (secondary N) is 3. The lowest BCUT2D eigenvalue weighted by Crippen LogP contribution is -2.47. The van der Waals surface area contributed by atoms with Crippen molar-refractivity contribution >= 4 is 63.5 Å². The smallest absolute Gasteiger partial charge is 0.248 e. The average Bonchev–Trinajstić information content (AvgIpc) is 3.85. The van der Waals surface area contributed by atoms with Crippen LogP contribution in [0, 0.1) is 0 Å². The largest absolute Gasteiger partial charge is 0.355 e. The standard InChI is InChI=1S/C38H27ClN6O2/c39-25-5-3-23(4-6-25)21-38-22-32-12-11-30(43-32)18-28-8-7-27(41-28)17-29-9-10-31(42-29)19-35(45-38)33(37(38)47)20-36(46)44-26-13-14-34-24(16-26)2-1-15-40-34/h1-20,22,35,41,45H,21H2,(H,44,46)/b27-17?,28-18?,31-19?,32-22?,33-20+. The van der Waals surface area contributed by atoms with Crippen LogP contribution in [0.15, 0.2) is 142 Å². The normalized spacial score (nSPS) is 22.0. The first kappa shape index (κ1) is 28.8. The van der Waals surface area contributed by atoms with Crippen molar-refractivity contribution in [1.29, 1.82) is 0 Å². The third-order valence-electron chi connectivity index (χ3n) is 8.40. The van der Waals surface area contributed by atoms with Crippen LogP contribution in [0.5, 0.6) is 0 Å². The number of pyridine rings is 1. The summed E-state index contributed by atoms with van der Waals surface area (Å²) in [5, 5.41) is 9.83. The zero-order valence-electron chi connectivity index (χ0n) is 24.9. The molecule has 2 aromatic heterocycles. The molecule has 8 rings (SSSR count). The number of allylic oxidation sites excluding steroid dienone is 4. The maximum atomic E-state index is 14.7. The SMILES string of the molecule is O=C(/C=C1/C(=O)C2(Cc3ccc(Cl)cc3)C=C3C=CC(=N3)C=c3ccc([nH]3)=CC3=NC(=CC1N2)C=C3)Nc1ccc2ncccc2c1. The van der Waals surface area contributed by atoms with E-state index in [2.05, 4.69) is 20.6 Å². The topological polar surface area (TPSA) is 112 Å². The van der Waals surface area contributed by atoms with E-state index >= 15 is 0 Å². The van der Waals surface area contributed by atoms with Gasteiger partial charge in [0.05, 0.1) is 34.4 Å².